The van der Waals surface area contributed by atoms with Gasteiger partial charge in [0.2, 0.25) is 0 Å². The van der Waals surface area contributed by atoms with Gasteiger partial charge in [-0.25, -0.2) is 4.79 Å². The summed E-state index contributed by atoms with van der Waals surface area (Å²) in [6, 6.07) is 2.20. The number of hydrogen-bond donors (Lipinski definition) is 0. The summed E-state index contributed by atoms with van der Waals surface area (Å²) in [4.78, 5) is 27.0. The number of rotatable bonds is 4. The molecule has 2 aromatic carbocycles. The van der Waals surface area contributed by atoms with Gasteiger partial charge >= 0.3 is 30.7 Å². The van der Waals surface area contributed by atoms with Gasteiger partial charge in [0.25, 0.3) is 0 Å². The third-order valence-corrected chi connectivity index (χ3v) is 6.81. The third-order valence-electron chi connectivity index (χ3n) is 6.81. The Morgan fingerprint density at radius 3 is 1.90 bits per heavy atom. The van der Waals surface area contributed by atoms with Gasteiger partial charge in [0.05, 0.1) is 30.4 Å². The Bertz CT molecular complexity index is 1260. The first-order valence-corrected chi connectivity index (χ1v) is 12.3. The van der Waals surface area contributed by atoms with Crippen molar-refractivity contribution < 1.29 is 58.6 Å². The van der Waals surface area contributed by atoms with Gasteiger partial charge in [-0.15, -0.1) is 5.01 Å². The summed E-state index contributed by atoms with van der Waals surface area (Å²) in [5.74, 6) is 0. The molecular formula is C26H26F9N2O4+. The van der Waals surface area contributed by atoms with Crippen LogP contribution >= 0.6 is 0 Å². The number of amides is 2. The monoisotopic (exact) mass is 601 g/mol. The van der Waals surface area contributed by atoms with Crippen LogP contribution in [0.4, 0.5) is 54.8 Å². The van der Waals surface area contributed by atoms with Crippen LogP contribution in [0.3, 0.4) is 0 Å². The molecule has 1 heterocycles. The minimum absolute atomic E-state index is 0.00787. The number of halogens is 9. The summed E-state index contributed by atoms with van der Waals surface area (Å²) in [6.45, 7) is 1.74. The molecule has 15 heteroatoms. The van der Waals surface area contributed by atoms with Crippen LogP contribution in [0.25, 0.3) is 0 Å². The number of carbonyl (C=O) groups excluding carboxylic acids is 2. The van der Waals surface area contributed by atoms with Crippen LogP contribution in [0.1, 0.15) is 54.5 Å². The number of alkyl halides is 9. The summed E-state index contributed by atoms with van der Waals surface area (Å²) in [6.07, 6.45) is -17.5. The van der Waals surface area contributed by atoms with Gasteiger partial charge in [-0.2, -0.15) is 44.3 Å². The van der Waals surface area contributed by atoms with E-state index >= 15 is 0 Å². The molecule has 1 aliphatic rings. The highest BCUT2D eigenvalue weighted by Crippen LogP contribution is 2.45. The summed E-state index contributed by atoms with van der Waals surface area (Å²) >= 11 is 0. The lowest BCUT2D eigenvalue weighted by molar-refractivity contribution is -0.143. The Kier molecular flexibility index (Phi) is 8.92. The molecule has 0 saturated heterocycles. The standard InChI is InChI=1S/C26H26F9N2O4/c1-4-20-8-6-16-12-17(24(27,28)29)7-9-21(16)37(20,23(39)41-5-2)36(22(38)40-3)14-15-10-18(25(30,31)32)13-19(11-15)26(33,34)35/h7,9-13,20H,4-6,8,14H2,1-3H3/q+1/t20-,37?/m1/s1. The van der Waals surface area contributed by atoms with E-state index in [9.17, 15) is 49.1 Å². The van der Waals surface area contributed by atoms with Crippen molar-refractivity contribution in [3.05, 3.63) is 64.2 Å². The van der Waals surface area contributed by atoms with Crippen LogP contribution in [0.5, 0.6) is 0 Å². The lowest BCUT2D eigenvalue weighted by Gasteiger charge is -2.47. The smallest absolute Gasteiger partial charge is 0.450 e. The second-order valence-electron chi connectivity index (χ2n) is 9.27. The van der Waals surface area contributed by atoms with E-state index in [0.717, 1.165) is 19.2 Å². The lowest BCUT2D eigenvalue weighted by atomic mass is 9.91. The fourth-order valence-electron chi connectivity index (χ4n) is 5.06. The highest BCUT2D eigenvalue weighted by atomic mass is 19.4. The van der Waals surface area contributed by atoms with E-state index in [-0.39, 0.29) is 43.2 Å². The molecule has 0 fully saturated rings. The van der Waals surface area contributed by atoms with Crippen molar-refractivity contribution >= 4 is 17.9 Å². The van der Waals surface area contributed by atoms with Crippen LogP contribution in [-0.2, 0) is 41.0 Å². The Labute approximate surface area is 228 Å². The molecule has 226 valence electrons. The van der Waals surface area contributed by atoms with Crippen LogP contribution in [0, 0.1) is 0 Å². The lowest BCUT2D eigenvalue weighted by Crippen LogP contribution is -2.72. The highest BCUT2D eigenvalue weighted by molar-refractivity contribution is 5.88. The van der Waals surface area contributed by atoms with E-state index in [2.05, 4.69) is 0 Å². The predicted molar refractivity (Wildman–Crippen MR) is 127 cm³/mol. The average Bonchev–Trinajstić information content (AvgIpc) is 2.88. The number of quaternary nitrogens is 1. The Morgan fingerprint density at radius 2 is 1.44 bits per heavy atom. The number of nitrogens with zero attached hydrogens (tertiary/aromatic N) is 2. The molecule has 0 bridgehead atoms. The van der Waals surface area contributed by atoms with E-state index in [1.165, 1.54) is 6.92 Å². The first-order chi connectivity index (χ1) is 18.9. The van der Waals surface area contributed by atoms with Crippen LogP contribution < -0.4 is 4.59 Å². The van der Waals surface area contributed by atoms with E-state index in [1.54, 1.807) is 6.92 Å². The van der Waals surface area contributed by atoms with Gasteiger partial charge in [-0.05, 0) is 55.7 Å². The molecule has 0 saturated carbocycles. The first-order valence-electron chi connectivity index (χ1n) is 12.3. The highest BCUT2D eigenvalue weighted by Gasteiger charge is 2.59. The van der Waals surface area contributed by atoms with Crippen molar-refractivity contribution in [3.8, 4) is 0 Å². The number of methoxy groups -OCH3 is 1. The summed E-state index contributed by atoms with van der Waals surface area (Å²) < 4.78 is 131. The zero-order valence-corrected chi connectivity index (χ0v) is 22.0. The number of carbonyl (C=O) groups is 2. The maximum absolute atomic E-state index is 13.8. The van der Waals surface area contributed by atoms with E-state index in [4.69, 9.17) is 9.47 Å². The van der Waals surface area contributed by atoms with Gasteiger partial charge in [-0.1, -0.05) is 11.5 Å². The number of hydrogen-bond acceptors (Lipinski definition) is 4. The van der Waals surface area contributed by atoms with Crippen molar-refractivity contribution in [2.24, 2.45) is 0 Å². The maximum Gasteiger partial charge on any atom is 0.547 e. The SMILES string of the molecule is CCOC(=O)[N+]1(N(Cc2cc(C(F)(F)F)cc(C(F)(F)F)c2)C(=O)OC)c2ccc(C(F)(F)F)cc2CC[C@H]1CC. The average molecular weight is 601 g/mol. The molecule has 2 amide bonds. The summed E-state index contributed by atoms with van der Waals surface area (Å²) in [7, 11) is 0.878. The second kappa shape index (κ2) is 11.4. The van der Waals surface area contributed by atoms with E-state index < -0.39 is 70.1 Å². The summed E-state index contributed by atoms with van der Waals surface area (Å²) in [5, 5.41) is 0.590. The maximum atomic E-state index is 13.8. The van der Waals surface area contributed by atoms with Gasteiger partial charge < -0.3 is 9.47 Å². The molecular weight excluding hydrogens is 575 g/mol. The van der Waals surface area contributed by atoms with Gasteiger partial charge in [0, 0.05) is 18.1 Å². The molecule has 1 unspecified atom stereocenters. The fraction of sp³-hybridized carbons (Fsp3) is 0.462. The normalized spacial score (nSPS) is 19.4. The van der Waals surface area contributed by atoms with Crippen LogP contribution in [-0.4, -0.2) is 37.0 Å². The van der Waals surface area contributed by atoms with Crippen molar-refractivity contribution in [3.63, 3.8) is 0 Å². The number of ether oxygens (including phenoxy) is 2. The minimum atomic E-state index is -5.20. The molecule has 0 spiro atoms. The zero-order valence-electron chi connectivity index (χ0n) is 22.0. The van der Waals surface area contributed by atoms with Gasteiger partial charge in [-0.3, -0.25) is 0 Å². The molecule has 0 radical (unpaired) electrons. The number of benzene rings is 2. The minimum Gasteiger partial charge on any atom is -0.450 e. The van der Waals surface area contributed by atoms with Crippen molar-refractivity contribution in [2.75, 3.05) is 13.7 Å². The Morgan fingerprint density at radius 1 is 0.878 bits per heavy atom. The van der Waals surface area contributed by atoms with Crippen molar-refractivity contribution in [2.45, 2.75) is 64.2 Å². The topological polar surface area (TPSA) is 55.8 Å². The van der Waals surface area contributed by atoms with Crippen molar-refractivity contribution in [1.82, 2.24) is 9.60 Å². The van der Waals surface area contributed by atoms with Crippen LogP contribution in [0.2, 0.25) is 0 Å². The van der Waals surface area contributed by atoms with Crippen molar-refractivity contribution in [1.29, 1.82) is 0 Å². The predicted octanol–water partition coefficient (Wildman–Crippen LogP) is 8.12. The Balaban J connectivity index is 2.36. The largest absolute Gasteiger partial charge is 0.547 e. The fourth-order valence-corrected chi connectivity index (χ4v) is 5.06. The van der Waals surface area contributed by atoms with Gasteiger partial charge in [0.15, 0.2) is 5.69 Å². The molecule has 1 aliphatic heterocycles. The zero-order chi connectivity index (χ0) is 31.0. The third kappa shape index (κ3) is 6.23. The molecule has 2 atom stereocenters. The molecule has 0 N–H and O–H groups in total. The van der Waals surface area contributed by atoms with E-state index in [0.29, 0.717) is 23.2 Å². The molecule has 3 rings (SSSR count). The quantitative estimate of drug-likeness (QED) is 0.263. The van der Waals surface area contributed by atoms with Gasteiger partial charge in [0.1, 0.15) is 12.6 Å². The number of aryl methyl sites for hydroxylation is 1. The first kappa shape index (κ1) is 32.0. The molecule has 0 aliphatic carbocycles. The van der Waals surface area contributed by atoms with E-state index in [1.807, 2.05) is 0 Å². The summed E-state index contributed by atoms with van der Waals surface area (Å²) in [5.41, 5.74) is -5.18. The van der Waals surface area contributed by atoms with Crippen LogP contribution in [0.15, 0.2) is 36.4 Å². The molecule has 0 aromatic heterocycles. The number of fused-ring (bicyclic) bond motifs is 1. The molecule has 41 heavy (non-hydrogen) atoms. The molecule has 6 nitrogen and oxygen atoms in total. The molecule has 2 aromatic rings. The second-order valence-corrected chi connectivity index (χ2v) is 9.27. The Hall–Kier alpha value is -3.49.